The van der Waals surface area contributed by atoms with Gasteiger partial charge in [-0.25, -0.2) is 4.98 Å². The molecule has 0 saturated carbocycles. The minimum atomic E-state index is 0.314. The number of nitrogens with one attached hydrogen (secondary N) is 1. The van der Waals surface area contributed by atoms with Crippen LogP contribution < -0.4 is 5.43 Å². The maximum Gasteiger partial charge on any atom is 0.266 e. The number of hydrazine groups is 1. The average Bonchev–Trinajstić information content (AvgIpc) is 2.55. The van der Waals surface area contributed by atoms with Gasteiger partial charge in [-0.15, -0.1) is 0 Å². The third kappa shape index (κ3) is 1.04. The Morgan fingerprint density at radius 1 is 1.64 bits per heavy atom. The van der Waals surface area contributed by atoms with Crippen molar-refractivity contribution in [1.29, 1.82) is 0 Å². The molecule has 58 valence electrons. The molecule has 1 aliphatic rings. The molecule has 2 N–H and O–H groups in total. The van der Waals surface area contributed by atoms with Gasteiger partial charge in [0.05, 0.1) is 17.7 Å². The molecule has 0 aromatic carbocycles. The Balaban J connectivity index is 2.19. The number of oxazole rings is 1. The van der Waals surface area contributed by atoms with Crippen LogP contribution in [0.2, 0.25) is 0 Å². The zero-order valence-corrected chi connectivity index (χ0v) is 5.39. The number of hydrogen-bond acceptors (Lipinski definition) is 6. The first kappa shape index (κ1) is 6.20. The molecule has 0 atom stereocenters. The third-order valence-corrected chi connectivity index (χ3v) is 1.13. The van der Waals surface area contributed by atoms with Gasteiger partial charge in [0.2, 0.25) is 5.76 Å². The van der Waals surface area contributed by atoms with Crippen molar-refractivity contribution in [3.8, 4) is 0 Å². The van der Waals surface area contributed by atoms with E-state index in [0.717, 1.165) is 0 Å². The number of aromatic nitrogens is 1. The van der Waals surface area contributed by atoms with Crippen molar-refractivity contribution < 1.29 is 14.5 Å². The number of rotatable bonds is 1. The average molecular weight is 155 g/mol. The lowest BCUT2D eigenvalue weighted by Crippen LogP contribution is -2.23. The van der Waals surface area contributed by atoms with Crippen LogP contribution >= 0.6 is 0 Å². The van der Waals surface area contributed by atoms with Crippen LogP contribution in [0.1, 0.15) is 5.89 Å². The topological polar surface area (TPSA) is 70.8 Å². The second-order valence-electron chi connectivity index (χ2n) is 1.84. The molecule has 6 nitrogen and oxygen atoms in total. The molecule has 0 unspecified atom stereocenters. The quantitative estimate of drug-likeness (QED) is 0.600. The standard InChI is InChI=1S/C5H5N3O3/c9-8-7-3-4(11-8)5-6-1-2-10-5/h1-3,7,9H. The highest BCUT2D eigenvalue weighted by atomic mass is 16.9. The van der Waals surface area contributed by atoms with Gasteiger partial charge in [0.15, 0.2) is 0 Å². The van der Waals surface area contributed by atoms with Gasteiger partial charge in [0.1, 0.15) is 6.26 Å². The fourth-order valence-corrected chi connectivity index (χ4v) is 0.706. The molecule has 0 bridgehead atoms. The minimum Gasteiger partial charge on any atom is -0.442 e. The molecule has 11 heavy (non-hydrogen) atoms. The molecule has 0 spiro atoms. The molecule has 1 aromatic heterocycles. The van der Waals surface area contributed by atoms with Crippen LogP contribution in [0, 0.1) is 0 Å². The van der Waals surface area contributed by atoms with Crippen molar-refractivity contribution in [3.05, 3.63) is 24.6 Å². The largest absolute Gasteiger partial charge is 0.442 e. The summed E-state index contributed by atoms with van der Waals surface area (Å²) in [7, 11) is 0. The maximum absolute atomic E-state index is 8.68. The Hall–Kier alpha value is -1.53. The second kappa shape index (κ2) is 2.26. The number of nitrogens with zero attached hydrogens (tertiary/aromatic N) is 2. The molecule has 2 heterocycles. The molecule has 0 amide bonds. The summed E-state index contributed by atoms with van der Waals surface area (Å²) in [5.41, 5.74) is 2.36. The highest BCUT2D eigenvalue weighted by Gasteiger charge is 2.17. The molecular formula is C5H5N3O3. The fraction of sp³-hybridized carbons (Fsp3) is 0. The van der Waals surface area contributed by atoms with Crippen molar-refractivity contribution >= 4 is 5.76 Å². The zero-order valence-electron chi connectivity index (χ0n) is 5.39. The van der Waals surface area contributed by atoms with Gasteiger partial charge in [0.25, 0.3) is 5.89 Å². The van der Waals surface area contributed by atoms with Gasteiger partial charge >= 0.3 is 0 Å². The van der Waals surface area contributed by atoms with E-state index in [-0.39, 0.29) is 0 Å². The number of hydrogen-bond donors (Lipinski definition) is 2. The second-order valence-corrected chi connectivity index (χ2v) is 1.84. The monoisotopic (exact) mass is 155 g/mol. The van der Waals surface area contributed by atoms with Crippen molar-refractivity contribution in [2.75, 3.05) is 0 Å². The Labute approximate surface area is 61.6 Å². The fourth-order valence-electron chi connectivity index (χ4n) is 0.706. The summed E-state index contributed by atoms with van der Waals surface area (Å²) in [5, 5.41) is 9.13. The molecule has 1 aromatic rings. The predicted octanol–water partition coefficient (Wildman–Crippen LogP) is 0.114. The van der Waals surface area contributed by atoms with Crippen LogP contribution in [0.3, 0.4) is 0 Å². The molecule has 0 fully saturated rings. The summed E-state index contributed by atoms with van der Waals surface area (Å²) < 4.78 is 4.88. The first-order valence-corrected chi connectivity index (χ1v) is 2.89. The minimum absolute atomic E-state index is 0.314. The summed E-state index contributed by atoms with van der Waals surface area (Å²) >= 11 is 0. The van der Waals surface area contributed by atoms with Gasteiger partial charge in [-0.05, 0) is 0 Å². The predicted molar refractivity (Wildman–Crippen MR) is 32.3 cm³/mol. The highest BCUT2D eigenvalue weighted by Crippen LogP contribution is 2.16. The van der Waals surface area contributed by atoms with E-state index in [1.807, 2.05) is 0 Å². The van der Waals surface area contributed by atoms with Gasteiger partial charge in [-0.1, -0.05) is 0 Å². The summed E-state index contributed by atoms with van der Waals surface area (Å²) in [4.78, 5) is 8.48. The van der Waals surface area contributed by atoms with E-state index < -0.39 is 0 Å². The molecule has 0 radical (unpaired) electrons. The highest BCUT2D eigenvalue weighted by molar-refractivity contribution is 5.50. The van der Waals surface area contributed by atoms with Crippen LogP contribution in [0.4, 0.5) is 0 Å². The molecule has 6 heteroatoms. The van der Waals surface area contributed by atoms with E-state index in [0.29, 0.717) is 17.0 Å². The summed E-state index contributed by atoms with van der Waals surface area (Å²) in [6.45, 7) is 0. The van der Waals surface area contributed by atoms with E-state index in [9.17, 15) is 0 Å². The van der Waals surface area contributed by atoms with Crippen LogP contribution in [0.15, 0.2) is 23.1 Å². The molecule has 0 saturated heterocycles. The first-order valence-electron chi connectivity index (χ1n) is 2.89. The van der Waals surface area contributed by atoms with E-state index >= 15 is 0 Å². The zero-order chi connectivity index (χ0) is 7.68. The van der Waals surface area contributed by atoms with Crippen LogP contribution in [0.5, 0.6) is 0 Å². The Morgan fingerprint density at radius 3 is 3.09 bits per heavy atom. The smallest absolute Gasteiger partial charge is 0.266 e. The van der Waals surface area contributed by atoms with Crippen LogP contribution in [0.25, 0.3) is 5.76 Å². The van der Waals surface area contributed by atoms with Crippen molar-refractivity contribution in [1.82, 2.24) is 15.7 Å². The Kier molecular flexibility index (Phi) is 1.27. The van der Waals surface area contributed by atoms with Gasteiger partial charge < -0.3 is 9.25 Å². The van der Waals surface area contributed by atoms with Crippen molar-refractivity contribution in [2.24, 2.45) is 0 Å². The van der Waals surface area contributed by atoms with E-state index in [2.05, 4.69) is 15.2 Å². The summed E-state index contributed by atoms with van der Waals surface area (Å²) in [6.07, 6.45) is 4.32. The van der Waals surface area contributed by atoms with E-state index in [4.69, 9.17) is 9.62 Å². The van der Waals surface area contributed by atoms with Gasteiger partial charge in [0, 0.05) is 0 Å². The molecule has 2 rings (SSSR count). The summed E-state index contributed by atoms with van der Waals surface area (Å²) in [6, 6.07) is 0. The molecule has 1 aliphatic heterocycles. The first-order chi connectivity index (χ1) is 5.36. The molecule has 0 aliphatic carbocycles. The third-order valence-electron chi connectivity index (χ3n) is 1.13. The van der Waals surface area contributed by atoms with Crippen molar-refractivity contribution in [2.45, 2.75) is 0 Å². The van der Waals surface area contributed by atoms with Crippen LogP contribution in [-0.2, 0) is 4.84 Å². The van der Waals surface area contributed by atoms with Gasteiger partial charge in [-0.2, -0.15) is 0 Å². The van der Waals surface area contributed by atoms with Crippen LogP contribution in [-0.4, -0.2) is 15.5 Å². The summed E-state index contributed by atoms with van der Waals surface area (Å²) in [5.74, 6) is 0.645. The van der Waals surface area contributed by atoms with Crippen molar-refractivity contribution in [3.63, 3.8) is 0 Å². The van der Waals surface area contributed by atoms with Gasteiger partial charge in [-0.3, -0.25) is 10.6 Å². The lowest BCUT2D eigenvalue weighted by molar-refractivity contribution is -0.315. The lowest BCUT2D eigenvalue weighted by atomic mass is 10.5. The SMILES string of the molecule is ON1NC=C(c2ncco2)O1. The lowest BCUT2D eigenvalue weighted by Gasteiger charge is -2.03. The van der Waals surface area contributed by atoms with E-state index in [1.165, 1.54) is 18.7 Å². The Morgan fingerprint density at radius 2 is 2.55 bits per heavy atom. The normalized spacial score (nSPS) is 17.4. The Bertz CT molecular complexity index is 269. The molecular weight excluding hydrogens is 150 g/mol. The van der Waals surface area contributed by atoms with E-state index in [1.54, 1.807) is 0 Å². The maximum atomic E-state index is 8.68.